The standard InChI is InChI=1S/C13H11BrClNO2S/c1-6-10(16)12(13(17)18-2)19-11(6)8-4-3-7(15)5-9(8)14/h3-5H,16H2,1-2H3. The van der Waals surface area contributed by atoms with E-state index in [1.165, 1.54) is 18.4 Å². The first-order valence-electron chi connectivity index (χ1n) is 5.38. The van der Waals surface area contributed by atoms with E-state index in [-0.39, 0.29) is 0 Å². The summed E-state index contributed by atoms with van der Waals surface area (Å²) in [5.74, 6) is -0.415. The molecule has 0 spiro atoms. The maximum Gasteiger partial charge on any atom is 0.350 e. The van der Waals surface area contributed by atoms with Crippen LogP contribution in [0.5, 0.6) is 0 Å². The van der Waals surface area contributed by atoms with Crippen molar-refractivity contribution in [3.8, 4) is 10.4 Å². The Labute approximate surface area is 128 Å². The SMILES string of the molecule is COC(=O)c1sc(-c2ccc(Cl)cc2Br)c(C)c1N. The number of ether oxygens (including phenoxy) is 1. The maximum absolute atomic E-state index is 11.6. The fourth-order valence-electron chi connectivity index (χ4n) is 1.70. The molecule has 0 unspecified atom stereocenters. The van der Waals surface area contributed by atoms with Crippen LogP contribution in [-0.4, -0.2) is 13.1 Å². The zero-order valence-corrected chi connectivity index (χ0v) is 13.4. The maximum atomic E-state index is 11.6. The van der Waals surface area contributed by atoms with E-state index in [4.69, 9.17) is 22.1 Å². The van der Waals surface area contributed by atoms with E-state index in [1.54, 1.807) is 6.07 Å². The van der Waals surface area contributed by atoms with Gasteiger partial charge in [-0.05, 0) is 24.6 Å². The van der Waals surface area contributed by atoms with E-state index in [0.29, 0.717) is 15.6 Å². The van der Waals surface area contributed by atoms with Gasteiger partial charge in [-0.3, -0.25) is 0 Å². The van der Waals surface area contributed by atoms with Crippen LogP contribution in [0.2, 0.25) is 5.02 Å². The molecule has 6 heteroatoms. The van der Waals surface area contributed by atoms with Crippen LogP contribution in [0, 0.1) is 6.92 Å². The molecule has 100 valence electrons. The van der Waals surface area contributed by atoms with Gasteiger partial charge in [0.25, 0.3) is 0 Å². The molecule has 0 radical (unpaired) electrons. The van der Waals surface area contributed by atoms with Crippen molar-refractivity contribution in [1.82, 2.24) is 0 Å². The molecule has 0 aliphatic rings. The Morgan fingerprint density at radius 2 is 2.16 bits per heavy atom. The summed E-state index contributed by atoms with van der Waals surface area (Å²) < 4.78 is 5.59. The largest absolute Gasteiger partial charge is 0.465 e. The van der Waals surface area contributed by atoms with E-state index in [0.717, 1.165) is 20.5 Å². The molecule has 0 aliphatic carbocycles. The number of anilines is 1. The summed E-state index contributed by atoms with van der Waals surface area (Å²) in [6.45, 7) is 1.88. The molecule has 1 heterocycles. The van der Waals surface area contributed by atoms with Crippen molar-refractivity contribution >= 4 is 50.5 Å². The Balaban J connectivity index is 2.60. The molecular formula is C13H11BrClNO2S. The normalized spacial score (nSPS) is 10.5. The van der Waals surface area contributed by atoms with Gasteiger partial charge in [-0.2, -0.15) is 0 Å². The topological polar surface area (TPSA) is 52.3 Å². The summed E-state index contributed by atoms with van der Waals surface area (Å²) in [6.07, 6.45) is 0. The monoisotopic (exact) mass is 359 g/mol. The van der Waals surface area contributed by atoms with Gasteiger partial charge in [0.15, 0.2) is 0 Å². The minimum Gasteiger partial charge on any atom is -0.465 e. The summed E-state index contributed by atoms with van der Waals surface area (Å²) in [4.78, 5) is 13.0. The average molecular weight is 361 g/mol. The summed E-state index contributed by atoms with van der Waals surface area (Å²) >= 11 is 10.7. The lowest BCUT2D eigenvalue weighted by Crippen LogP contribution is -2.01. The Morgan fingerprint density at radius 1 is 1.47 bits per heavy atom. The zero-order chi connectivity index (χ0) is 14.2. The highest BCUT2D eigenvalue weighted by atomic mass is 79.9. The predicted octanol–water partition coefficient (Wildman–Crippen LogP) is 4.51. The number of nitrogen functional groups attached to an aromatic ring is 1. The van der Waals surface area contributed by atoms with E-state index in [1.807, 2.05) is 19.1 Å². The number of rotatable bonds is 2. The number of methoxy groups -OCH3 is 1. The highest BCUT2D eigenvalue weighted by molar-refractivity contribution is 9.10. The van der Waals surface area contributed by atoms with Gasteiger partial charge in [0, 0.05) is 19.9 Å². The molecule has 0 atom stereocenters. The minimum absolute atomic E-state index is 0.415. The van der Waals surface area contributed by atoms with Crippen molar-refractivity contribution in [3.63, 3.8) is 0 Å². The van der Waals surface area contributed by atoms with Gasteiger partial charge in [0.05, 0.1) is 12.8 Å². The van der Waals surface area contributed by atoms with Crippen LogP contribution in [0.1, 0.15) is 15.2 Å². The van der Waals surface area contributed by atoms with Gasteiger partial charge < -0.3 is 10.5 Å². The molecule has 0 saturated carbocycles. The first-order chi connectivity index (χ1) is 8.95. The second kappa shape index (κ2) is 5.53. The highest BCUT2D eigenvalue weighted by Gasteiger charge is 2.20. The Morgan fingerprint density at radius 3 is 2.74 bits per heavy atom. The number of carbonyl (C=O) groups is 1. The van der Waals surface area contributed by atoms with Crippen LogP contribution in [0.25, 0.3) is 10.4 Å². The number of hydrogen-bond donors (Lipinski definition) is 1. The van der Waals surface area contributed by atoms with Crippen molar-refractivity contribution < 1.29 is 9.53 Å². The van der Waals surface area contributed by atoms with Crippen molar-refractivity contribution in [2.45, 2.75) is 6.92 Å². The van der Waals surface area contributed by atoms with E-state index in [9.17, 15) is 4.79 Å². The van der Waals surface area contributed by atoms with E-state index < -0.39 is 5.97 Å². The lowest BCUT2D eigenvalue weighted by molar-refractivity contribution is 0.0607. The van der Waals surface area contributed by atoms with Crippen LogP contribution < -0.4 is 5.73 Å². The first kappa shape index (κ1) is 14.4. The Kier molecular flexibility index (Phi) is 4.18. The lowest BCUT2D eigenvalue weighted by Gasteiger charge is -2.04. The van der Waals surface area contributed by atoms with Gasteiger partial charge in [-0.25, -0.2) is 4.79 Å². The van der Waals surface area contributed by atoms with Gasteiger partial charge in [0.2, 0.25) is 0 Å². The fourth-order valence-corrected chi connectivity index (χ4v) is 3.90. The predicted molar refractivity (Wildman–Crippen MR) is 83.0 cm³/mol. The van der Waals surface area contributed by atoms with Crippen LogP contribution in [0.4, 0.5) is 5.69 Å². The Hall–Kier alpha value is -1.04. The molecule has 3 nitrogen and oxygen atoms in total. The van der Waals surface area contributed by atoms with Crippen LogP contribution in [0.15, 0.2) is 22.7 Å². The van der Waals surface area contributed by atoms with Crippen LogP contribution in [-0.2, 0) is 4.74 Å². The number of carbonyl (C=O) groups excluding carboxylic acids is 1. The quantitative estimate of drug-likeness (QED) is 0.802. The smallest absolute Gasteiger partial charge is 0.350 e. The second-order valence-corrected chi connectivity index (χ2v) is 6.23. The number of hydrogen-bond acceptors (Lipinski definition) is 4. The molecule has 0 saturated heterocycles. The second-order valence-electron chi connectivity index (χ2n) is 3.91. The molecule has 0 bridgehead atoms. The number of thiophene rings is 1. The molecule has 1 aromatic carbocycles. The summed E-state index contributed by atoms with van der Waals surface area (Å²) in [6, 6.07) is 5.50. The first-order valence-corrected chi connectivity index (χ1v) is 7.37. The van der Waals surface area contributed by atoms with Crippen molar-refractivity contribution in [1.29, 1.82) is 0 Å². The molecule has 0 fully saturated rings. The number of halogens is 2. The summed E-state index contributed by atoms with van der Waals surface area (Å²) in [7, 11) is 1.34. The van der Waals surface area contributed by atoms with Crippen LogP contribution in [0.3, 0.4) is 0 Å². The third kappa shape index (κ3) is 2.63. The summed E-state index contributed by atoms with van der Waals surface area (Å²) in [5.41, 5.74) is 8.25. The van der Waals surface area contributed by atoms with E-state index >= 15 is 0 Å². The molecule has 2 aromatic rings. The molecule has 19 heavy (non-hydrogen) atoms. The van der Waals surface area contributed by atoms with Gasteiger partial charge in [-0.1, -0.05) is 33.6 Å². The molecular weight excluding hydrogens is 350 g/mol. The fraction of sp³-hybridized carbons (Fsp3) is 0.154. The Bertz CT molecular complexity index is 654. The van der Waals surface area contributed by atoms with Crippen LogP contribution >= 0.6 is 38.9 Å². The molecule has 2 N–H and O–H groups in total. The number of nitrogens with two attached hydrogens (primary N) is 1. The molecule has 0 aliphatic heterocycles. The van der Waals surface area contributed by atoms with E-state index in [2.05, 4.69) is 15.9 Å². The highest BCUT2D eigenvalue weighted by Crippen LogP contribution is 2.41. The third-order valence-corrected chi connectivity index (χ3v) is 4.95. The molecule has 2 rings (SSSR count). The number of esters is 1. The van der Waals surface area contributed by atoms with Crippen molar-refractivity contribution in [2.75, 3.05) is 12.8 Å². The average Bonchev–Trinajstić information content (AvgIpc) is 2.66. The van der Waals surface area contributed by atoms with Gasteiger partial charge in [0.1, 0.15) is 4.88 Å². The van der Waals surface area contributed by atoms with Gasteiger partial charge in [-0.15, -0.1) is 11.3 Å². The van der Waals surface area contributed by atoms with Crippen molar-refractivity contribution in [3.05, 3.63) is 38.1 Å². The molecule has 0 amide bonds. The zero-order valence-electron chi connectivity index (χ0n) is 10.3. The lowest BCUT2D eigenvalue weighted by atomic mass is 10.1. The molecule has 1 aromatic heterocycles. The number of benzene rings is 1. The van der Waals surface area contributed by atoms with Crippen molar-refractivity contribution in [2.24, 2.45) is 0 Å². The van der Waals surface area contributed by atoms with Gasteiger partial charge >= 0.3 is 5.97 Å². The summed E-state index contributed by atoms with van der Waals surface area (Å²) in [5, 5.41) is 0.644. The third-order valence-electron chi connectivity index (χ3n) is 2.74. The minimum atomic E-state index is -0.415.